The molecule has 1 heterocycles. The van der Waals surface area contributed by atoms with Gasteiger partial charge in [-0.3, -0.25) is 5.43 Å². The number of aryl methyl sites for hydroxylation is 3. The number of nitrogens with zero attached hydrogens (tertiary/aromatic N) is 3. The third kappa shape index (κ3) is 2.55. The fourth-order valence-electron chi connectivity index (χ4n) is 2.24. The molecule has 6 heteroatoms. The summed E-state index contributed by atoms with van der Waals surface area (Å²) in [6.45, 7) is 5.93. The number of hydrogen-bond donors (Lipinski definition) is 2. The van der Waals surface area contributed by atoms with Crippen molar-refractivity contribution < 1.29 is 0 Å². The highest BCUT2D eigenvalue weighted by Crippen LogP contribution is 2.18. The van der Waals surface area contributed by atoms with Gasteiger partial charge in [0.25, 0.3) is 0 Å². The van der Waals surface area contributed by atoms with Gasteiger partial charge in [-0.1, -0.05) is 25.1 Å². The highest BCUT2D eigenvalue weighted by molar-refractivity contribution is 5.47. The first-order valence-corrected chi connectivity index (χ1v) is 6.57. The Labute approximate surface area is 117 Å². The van der Waals surface area contributed by atoms with Crippen LogP contribution in [0.15, 0.2) is 23.0 Å². The number of hydrogen-bond acceptors (Lipinski definition) is 5. The third-order valence-corrected chi connectivity index (χ3v) is 3.10. The Morgan fingerprint density at radius 3 is 2.40 bits per heavy atom. The van der Waals surface area contributed by atoms with Gasteiger partial charge in [0.15, 0.2) is 0 Å². The summed E-state index contributed by atoms with van der Waals surface area (Å²) in [5.74, 6) is 0.969. The minimum atomic E-state index is -0.327. The molecular formula is C14H19N5O. The summed E-state index contributed by atoms with van der Waals surface area (Å²) in [4.78, 5) is 20.7. The molecule has 20 heavy (non-hydrogen) atoms. The Kier molecular flexibility index (Phi) is 4.14. The lowest BCUT2D eigenvalue weighted by Crippen LogP contribution is -2.30. The van der Waals surface area contributed by atoms with E-state index in [0.717, 1.165) is 16.8 Å². The molecule has 0 atom stereocenters. The topological polar surface area (TPSA) is 71.8 Å². The predicted octanol–water partition coefficient (Wildman–Crippen LogP) is 1.35. The molecule has 0 aliphatic rings. The Hall–Kier alpha value is -2.21. The zero-order chi connectivity index (χ0) is 14.7. The molecule has 0 amide bonds. The van der Waals surface area contributed by atoms with E-state index in [1.807, 2.05) is 39.0 Å². The van der Waals surface area contributed by atoms with Crippen LogP contribution in [0.4, 0.5) is 5.95 Å². The summed E-state index contributed by atoms with van der Waals surface area (Å²) in [7, 11) is 1.70. The highest BCUT2D eigenvalue weighted by atomic mass is 16.1. The molecule has 0 unspecified atom stereocenters. The molecule has 0 aliphatic heterocycles. The molecule has 0 fully saturated rings. The summed E-state index contributed by atoms with van der Waals surface area (Å²) in [6.07, 6.45) is 0.643. The minimum Gasteiger partial charge on any atom is -0.290 e. The van der Waals surface area contributed by atoms with E-state index < -0.39 is 0 Å². The molecule has 0 aliphatic carbocycles. The molecule has 0 saturated carbocycles. The molecule has 106 valence electrons. The second-order valence-electron chi connectivity index (χ2n) is 4.55. The van der Waals surface area contributed by atoms with E-state index in [-0.39, 0.29) is 11.6 Å². The average Bonchev–Trinajstić information content (AvgIpc) is 2.40. The fourth-order valence-corrected chi connectivity index (χ4v) is 2.24. The summed E-state index contributed by atoms with van der Waals surface area (Å²) < 4.78 is 1.59. The van der Waals surface area contributed by atoms with Crippen LogP contribution in [0.5, 0.6) is 0 Å². The first-order chi connectivity index (χ1) is 9.58. The predicted molar refractivity (Wildman–Crippen MR) is 79.2 cm³/mol. The molecule has 0 radical (unpaired) electrons. The van der Waals surface area contributed by atoms with Gasteiger partial charge in [0.1, 0.15) is 5.82 Å². The second kappa shape index (κ2) is 5.83. The van der Waals surface area contributed by atoms with Gasteiger partial charge in [0, 0.05) is 13.5 Å². The lowest BCUT2D eigenvalue weighted by Gasteiger charge is -2.16. The van der Waals surface area contributed by atoms with Gasteiger partial charge in [-0.2, -0.15) is 9.97 Å². The number of rotatable bonds is 4. The van der Waals surface area contributed by atoms with Crippen LogP contribution in [0.25, 0.3) is 5.69 Å². The first kappa shape index (κ1) is 14.2. The van der Waals surface area contributed by atoms with Crippen LogP contribution in [-0.2, 0) is 6.42 Å². The van der Waals surface area contributed by atoms with Gasteiger partial charge >= 0.3 is 5.69 Å². The van der Waals surface area contributed by atoms with Crippen molar-refractivity contribution in [2.45, 2.75) is 27.2 Å². The number of para-hydroxylation sites is 1. The monoisotopic (exact) mass is 273 g/mol. The van der Waals surface area contributed by atoms with Crippen molar-refractivity contribution in [3.05, 3.63) is 45.6 Å². The Morgan fingerprint density at radius 2 is 1.85 bits per heavy atom. The quantitative estimate of drug-likeness (QED) is 0.823. The zero-order valence-electron chi connectivity index (χ0n) is 12.2. The van der Waals surface area contributed by atoms with Crippen molar-refractivity contribution in [1.29, 1.82) is 0 Å². The van der Waals surface area contributed by atoms with E-state index in [9.17, 15) is 4.79 Å². The molecular weight excluding hydrogens is 254 g/mol. The largest absolute Gasteiger partial charge is 0.356 e. The Bertz CT molecular complexity index is 657. The fraction of sp³-hybridized carbons (Fsp3) is 0.357. The lowest BCUT2D eigenvalue weighted by molar-refractivity contribution is 0.755. The molecule has 0 spiro atoms. The summed E-state index contributed by atoms with van der Waals surface area (Å²) >= 11 is 0. The maximum Gasteiger partial charge on any atom is 0.356 e. The first-order valence-electron chi connectivity index (χ1n) is 6.57. The van der Waals surface area contributed by atoms with Crippen molar-refractivity contribution in [2.75, 3.05) is 12.5 Å². The number of nitrogens with one attached hydrogen (secondary N) is 2. The number of anilines is 1. The van der Waals surface area contributed by atoms with Crippen molar-refractivity contribution in [3.8, 4) is 5.69 Å². The van der Waals surface area contributed by atoms with Gasteiger partial charge in [0.2, 0.25) is 5.95 Å². The van der Waals surface area contributed by atoms with Crippen LogP contribution in [-0.4, -0.2) is 21.6 Å². The van der Waals surface area contributed by atoms with E-state index in [2.05, 4.69) is 20.8 Å². The van der Waals surface area contributed by atoms with Crippen LogP contribution in [0.2, 0.25) is 0 Å². The maximum atomic E-state index is 12.3. The molecule has 2 N–H and O–H groups in total. The van der Waals surface area contributed by atoms with E-state index in [1.54, 1.807) is 11.6 Å². The Morgan fingerprint density at radius 1 is 1.20 bits per heavy atom. The van der Waals surface area contributed by atoms with E-state index in [4.69, 9.17) is 0 Å². The average molecular weight is 273 g/mol. The number of benzene rings is 1. The van der Waals surface area contributed by atoms with Crippen LogP contribution in [0.1, 0.15) is 23.9 Å². The second-order valence-corrected chi connectivity index (χ2v) is 4.55. The van der Waals surface area contributed by atoms with E-state index >= 15 is 0 Å². The van der Waals surface area contributed by atoms with Crippen molar-refractivity contribution in [2.24, 2.45) is 0 Å². The molecule has 0 bridgehead atoms. The van der Waals surface area contributed by atoms with Gasteiger partial charge < -0.3 is 0 Å². The molecule has 2 rings (SSSR count). The number of aromatic nitrogens is 3. The Balaban J connectivity index is 2.71. The van der Waals surface area contributed by atoms with Crippen molar-refractivity contribution in [1.82, 2.24) is 20.0 Å². The molecule has 6 nitrogen and oxygen atoms in total. The normalized spacial score (nSPS) is 10.6. The highest BCUT2D eigenvalue weighted by Gasteiger charge is 2.14. The van der Waals surface area contributed by atoms with Gasteiger partial charge in [-0.15, -0.1) is 0 Å². The third-order valence-electron chi connectivity index (χ3n) is 3.10. The van der Waals surface area contributed by atoms with Crippen LogP contribution in [0, 0.1) is 13.8 Å². The standard InChI is InChI=1S/C14H19N5O/c1-5-11-16-13(18-15-4)17-14(20)19(11)12-9(2)7-6-8-10(12)3/h6-8,15H,5H2,1-4H3,(H,17,18,20). The van der Waals surface area contributed by atoms with Gasteiger partial charge in [0.05, 0.1) is 5.69 Å². The molecule has 1 aromatic carbocycles. The molecule has 0 saturated heterocycles. The zero-order valence-corrected chi connectivity index (χ0v) is 12.2. The van der Waals surface area contributed by atoms with Crippen LogP contribution in [0.3, 0.4) is 0 Å². The van der Waals surface area contributed by atoms with Gasteiger partial charge in [-0.05, 0) is 25.0 Å². The summed E-state index contributed by atoms with van der Waals surface area (Å²) in [5, 5.41) is 0. The summed E-state index contributed by atoms with van der Waals surface area (Å²) in [6, 6.07) is 5.94. The molecule has 1 aromatic heterocycles. The number of hydrazine groups is 1. The molecule has 2 aromatic rings. The maximum absolute atomic E-state index is 12.3. The lowest BCUT2D eigenvalue weighted by atomic mass is 10.1. The smallest absolute Gasteiger partial charge is 0.290 e. The van der Waals surface area contributed by atoms with Crippen molar-refractivity contribution in [3.63, 3.8) is 0 Å². The minimum absolute atomic E-state index is 0.289. The van der Waals surface area contributed by atoms with Crippen LogP contribution >= 0.6 is 0 Å². The summed E-state index contributed by atoms with van der Waals surface area (Å²) in [5.41, 5.74) is 8.06. The van der Waals surface area contributed by atoms with E-state index in [0.29, 0.717) is 12.2 Å². The van der Waals surface area contributed by atoms with Crippen LogP contribution < -0.4 is 16.5 Å². The SMILES string of the molecule is CCc1nc(NNC)nc(=O)n1-c1c(C)cccc1C. The van der Waals surface area contributed by atoms with E-state index in [1.165, 1.54) is 0 Å². The van der Waals surface area contributed by atoms with Crippen molar-refractivity contribution >= 4 is 5.95 Å². The van der Waals surface area contributed by atoms with Gasteiger partial charge in [-0.25, -0.2) is 14.8 Å².